The van der Waals surface area contributed by atoms with Crippen LogP contribution in [0.25, 0.3) is 0 Å². The highest BCUT2D eigenvalue weighted by molar-refractivity contribution is 7.92. The van der Waals surface area contributed by atoms with Gasteiger partial charge in [-0.25, -0.2) is 17.2 Å². The third kappa shape index (κ3) is 5.91. The smallest absolute Gasteiger partial charge is 0.249 e. The molecule has 0 fully saturated rings. The summed E-state index contributed by atoms with van der Waals surface area (Å²) in [6.45, 7) is 4.04. The van der Waals surface area contributed by atoms with Crippen LogP contribution in [0.5, 0.6) is 0 Å². The van der Waals surface area contributed by atoms with Crippen LogP contribution < -0.4 is 10.0 Å². The summed E-state index contributed by atoms with van der Waals surface area (Å²) in [5.41, 5.74) is -1.54. The zero-order valence-corrected chi connectivity index (χ0v) is 14.9. The van der Waals surface area contributed by atoms with Crippen LogP contribution in [0.2, 0.25) is 0 Å². The quantitative estimate of drug-likeness (QED) is 0.527. The molecule has 2 atom stereocenters. The van der Waals surface area contributed by atoms with Gasteiger partial charge >= 0.3 is 0 Å². The summed E-state index contributed by atoms with van der Waals surface area (Å²) in [6.07, 6.45) is -2.52. The molecule has 7 nitrogen and oxygen atoms in total. The van der Waals surface area contributed by atoms with E-state index in [2.05, 4.69) is 5.32 Å². The van der Waals surface area contributed by atoms with Crippen LogP contribution in [0.15, 0.2) is 18.2 Å². The minimum absolute atomic E-state index is 0.343. The van der Waals surface area contributed by atoms with Crippen LogP contribution in [-0.2, 0) is 14.8 Å². The maximum atomic E-state index is 13.5. The van der Waals surface area contributed by atoms with E-state index >= 15 is 0 Å². The van der Waals surface area contributed by atoms with Crippen molar-refractivity contribution in [3.63, 3.8) is 0 Å². The molecule has 0 saturated heterocycles. The Morgan fingerprint density at radius 2 is 1.88 bits per heavy atom. The zero-order chi connectivity index (χ0) is 19.4. The number of carbonyl (C=O) groups excluding carboxylic acids is 1. The number of anilines is 1. The number of benzene rings is 1. The number of sulfonamides is 1. The van der Waals surface area contributed by atoms with Crippen LogP contribution in [0.1, 0.15) is 20.8 Å². The SMILES string of the molecule is CC(O)C(C)(C)C(O)C(=O)NCCS(=O)(=O)Nc1ccc(F)cc1F. The molecule has 0 aliphatic heterocycles. The second kappa shape index (κ2) is 8.07. The molecule has 0 bridgehead atoms. The fraction of sp³-hybridized carbons (Fsp3) is 0.533. The lowest BCUT2D eigenvalue weighted by Crippen LogP contribution is -2.49. The number of halogens is 2. The number of rotatable bonds is 8. The third-order valence-corrected chi connectivity index (χ3v) is 5.17. The molecule has 0 radical (unpaired) electrons. The normalized spacial score (nSPS) is 14.7. The van der Waals surface area contributed by atoms with Gasteiger partial charge in [0, 0.05) is 18.0 Å². The molecule has 1 aromatic rings. The van der Waals surface area contributed by atoms with Crippen molar-refractivity contribution in [2.24, 2.45) is 5.41 Å². The highest BCUT2D eigenvalue weighted by Gasteiger charge is 2.37. The van der Waals surface area contributed by atoms with Gasteiger partial charge in [-0.05, 0) is 19.1 Å². The molecule has 0 saturated carbocycles. The summed E-state index contributed by atoms with van der Waals surface area (Å²) >= 11 is 0. The highest BCUT2D eigenvalue weighted by atomic mass is 32.2. The first-order valence-corrected chi connectivity index (χ1v) is 9.11. The van der Waals surface area contributed by atoms with Gasteiger partial charge in [-0.2, -0.15) is 0 Å². The summed E-state index contributed by atoms with van der Waals surface area (Å²) in [7, 11) is -4.00. The molecule has 0 spiro atoms. The van der Waals surface area contributed by atoms with Crippen molar-refractivity contribution in [3.05, 3.63) is 29.8 Å². The zero-order valence-electron chi connectivity index (χ0n) is 14.1. The summed E-state index contributed by atoms with van der Waals surface area (Å²) < 4.78 is 51.9. The number of hydrogen-bond donors (Lipinski definition) is 4. The van der Waals surface area contributed by atoms with Gasteiger partial charge in [0.25, 0.3) is 0 Å². The highest BCUT2D eigenvalue weighted by Crippen LogP contribution is 2.25. The van der Waals surface area contributed by atoms with E-state index in [4.69, 9.17) is 0 Å². The Kier molecular flexibility index (Phi) is 6.86. The van der Waals surface area contributed by atoms with Crippen LogP contribution >= 0.6 is 0 Å². The van der Waals surface area contributed by atoms with Crippen molar-refractivity contribution in [1.82, 2.24) is 5.32 Å². The fourth-order valence-corrected chi connectivity index (χ4v) is 2.74. The molecule has 1 rings (SSSR count). The standard InChI is InChI=1S/C15H22F2N2O5S/c1-9(20)15(2,3)13(21)14(22)18-6-7-25(23,24)19-12-5-4-10(16)8-11(12)17/h4-5,8-9,13,19-21H,6-7H2,1-3H3,(H,18,22). The van der Waals surface area contributed by atoms with Gasteiger partial charge in [-0.1, -0.05) is 13.8 Å². The van der Waals surface area contributed by atoms with Gasteiger partial charge in [0.2, 0.25) is 15.9 Å². The van der Waals surface area contributed by atoms with Gasteiger partial charge in [-0.15, -0.1) is 0 Å². The molecule has 142 valence electrons. The van der Waals surface area contributed by atoms with E-state index < -0.39 is 56.6 Å². The first-order chi connectivity index (χ1) is 11.4. The molecule has 1 aromatic carbocycles. The van der Waals surface area contributed by atoms with E-state index in [0.29, 0.717) is 6.07 Å². The van der Waals surface area contributed by atoms with Crippen molar-refractivity contribution in [2.75, 3.05) is 17.0 Å². The Bertz CT molecular complexity index is 723. The molecular weight excluding hydrogens is 358 g/mol. The third-order valence-electron chi connectivity index (χ3n) is 3.90. The Morgan fingerprint density at radius 3 is 2.40 bits per heavy atom. The molecular formula is C15H22F2N2O5S. The summed E-state index contributed by atoms with van der Waals surface area (Å²) in [6, 6.07) is 2.38. The average Bonchev–Trinajstić information content (AvgIpc) is 2.48. The monoisotopic (exact) mass is 380 g/mol. The number of carbonyl (C=O) groups is 1. The second-order valence-electron chi connectivity index (χ2n) is 6.24. The lowest BCUT2D eigenvalue weighted by Gasteiger charge is -2.32. The fourth-order valence-electron chi connectivity index (χ4n) is 1.76. The summed E-state index contributed by atoms with van der Waals surface area (Å²) in [5.74, 6) is -3.34. The van der Waals surface area contributed by atoms with Crippen molar-refractivity contribution in [1.29, 1.82) is 0 Å². The number of aliphatic hydroxyl groups is 2. The molecule has 0 heterocycles. The minimum Gasteiger partial charge on any atom is -0.393 e. The maximum absolute atomic E-state index is 13.5. The van der Waals surface area contributed by atoms with Crippen LogP contribution in [0, 0.1) is 17.0 Å². The second-order valence-corrected chi connectivity index (χ2v) is 8.08. The molecule has 0 aliphatic carbocycles. The Morgan fingerprint density at radius 1 is 1.28 bits per heavy atom. The van der Waals surface area contributed by atoms with Crippen molar-refractivity contribution in [3.8, 4) is 0 Å². The van der Waals surface area contributed by atoms with E-state index in [0.717, 1.165) is 12.1 Å². The average molecular weight is 380 g/mol. The predicted molar refractivity (Wildman–Crippen MR) is 88.2 cm³/mol. The number of nitrogens with one attached hydrogen (secondary N) is 2. The van der Waals surface area contributed by atoms with Gasteiger partial charge in [0.1, 0.15) is 17.7 Å². The van der Waals surface area contributed by atoms with Crippen LogP contribution in [-0.4, -0.2) is 49.0 Å². The molecule has 4 N–H and O–H groups in total. The molecule has 25 heavy (non-hydrogen) atoms. The van der Waals surface area contributed by atoms with E-state index in [1.807, 2.05) is 4.72 Å². The lowest BCUT2D eigenvalue weighted by molar-refractivity contribution is -0.140. The van der Waals surface area contributed by atoms with Crippen molar-refractivity contribution >= 4 is 21.6 Å². The Balaban J connectivity index is 2.61. The number of aliphatic hydroxyl groups excluding tert-OH is 2. The first kappa shape index (κ1) is 21.3. The predicted octanol–water partition coefficient (Wildman–Crippen LogP) is 0.591. The van der Waals surface area contributed by atoms with Crippen molar-refractivity contribution in [2.45, 2.75) is 33.0 Å². The van der Waals surface area contributed by atoms with E-state index in [1.165, 1.54) is 20.8 Å². The largest absolute Gasteiger partial charge is 0.393 e. The van der Waals surface area contributed by atoms with E-state index in [9.17, 15) is 32.2 Å². The molecule has 0 aliphatic rings. The van der Waals surface area contributed by atoms with E-state index in [1.54, 1.807) is 0 Å². The Hall–Kier alpha value is -1.78. The van der Waals surface area contributed by atoms with Gasteiger partial charge in [-0.3, -0.25) is 9.52 Å². The number of hydrogen-bond acceptors (Lipinski definition) is 5. The molecule has 0 aromatic heterocycles. The minimum atomic E-state index is -4.00. The molecule has 2 unspecified atom stereocenters. The lowest BCUT2D eigenvalue weighted by atomic mass is 9.81. The molecule has 1 amide bonds. The molecule has 10 heteroatoms. The van der Waals surface area contributed by atoms with Crippen molar-refractivity contribution < 1.29 is 32.2 Å². The summed E-state index contributed by atoms with van der Waals surface area (Å²) in [4.78, 5) is 11.8. The van der Waals surface area contributed by atoms with Gasteiger partial charge in [0.05, 0.1) is 17.5 Å². The number of amides is 1. The first-order valence-electron chi connectivity index (χ1n) is 7.46. The summed E-state index contributed by atoms with van der Waals surface area (Å²) in [5, 5.41) is 21.7. The maximum Gasteiger partial charge on any atom is 0.249 e. The topological polar surface area (TPSA) is 116 Å². The van der Waals surface area contributed by atoms with Gasteiger partial charge < -0.3 is 15.5 Å². The van der Waals surface area contributed by atoms with Gasteiger partial charge in [0.15, 0.2) is 0 Å². The van der Waals surface area contributed by atoms with E-state index in [-0.39, 0.29) is 6.54 Å². The van der Waals surface area contributed by atoms with Crippen LogP contribution in [0.4, 0.5) is 14.5 Å². The Labute approximate surface area is 145 Å². The van der Waals surface area contributed by atoms with Crippen LogP contribution in [0.3, 0.4) is 0 Å².